The van der Waals surface area contributed by atoms with Gasteiger partial charge in [-0.3, -0.25) is 9.69 Å². The van der Waals surface area contributed by atoms with Gasteiger partial charge in [0.1, 0.15) is 11.9 Å². The van der Waals surface area contributed by atoms with E-state index in [0.29, 0.717) is 55.8 Å². The monoisotopic (exact) mass is 696 g/mol. The number of hydrogen-bond acceptors (Lipinski definition) is 8. The molecule has 3 aliphatic heterocycles. The fourth-order valence-corrected chi connectivity index (χ4v) is 9.14. The van der Waals surface area contributed by atoms with Crippen LogP contribution < -0.4 is 14.4 Å². The number of sulfonamides is 1. The van der Waals surface area contributed by atoms with Crippen LogP contribution in [0.5, 0.6) is 5.75 Å². The number of likely N-dealkylation sites (tertiary alicyclic amines) is 1. The number of benzene rings is 2. The third-order valence-electron chi connectivity index (χ3n) is 11.5. The molecule has 0 radical (unpaired) electrons. The number of aryl methyl sites for hydroxylation is 1. The van der Waals surface area contributed by atoms with Gasteiger partial charge >= 0.3 is 6.09 Å². The van der Waals surface area contributed by atoms with E-state index in [0.717, 1.165) is 38.5 Å². The SMILES string of the molecule is CN1C/C=C\[C@H](OC(=O)N2CCC2)[C@@H]2CC[C@H]2CN2C[C@@]3(CCCc4cc(Cl)ccc43)COc3ccc(cc32)S(=O)(=O)NC(=O)C1(C)C. The molecule has 2 amide bonds. The fourth-order valence-electron chi connectivity index (χ4n) is 7.82. The molecule has 1 spiro atoms. The minimum Gasteiger partial charge on any atom is -0.490 e. The van der Waals surface area contributed by atoms with Gasteiger partial charge in [-0.15, -0.1) is 0 Å². The maximum Gasteiger partial charge on any atom is 0.410 e. The first-order valence-corrected chi connectivity index (χ1v) is 18.9. The summed E-state index contributed by atoms with van der Waals surface area (Å²) in [7, 11) is -2.42. The highest BCUT2D eigenvalue weighted by atomic mass is 35.5. The minimum atomic E-state index is -4.19. The molecule has 2 aromatic carbocycles. The summed E-state index contributed by atoms with van der Waals surface area (Å²) in [5, 5.41) is 0.712. The highest BCUT2D eigenvalue weighted by molar-refractivity contribution is 7.90. The number of halogens is 1. The molecule has 2 fully saturated rings. The van der Waals surface area contributed by atoms with E-state index in [1.54, 1.807) is 42.8 Å². The number of carbonyl (C=O) groups excluding carboxylic acids is 2. The molecule has 10 nitrogen and oxygen atoms in total. The van der Waals surface area contributed by atoms with Crippen molar-refractivity contribution in [3.8, 4) is 5.75 Å². The number of fused-ring (bicyclic) bond motifs is 4. The van der Waals surface area contributed by atoms with Gasteiger partial charge in [0.15, 0.2) is 0 Å². The minimum absolute atomic E-state index is 0.00642. The number of nitrogens with zero attached hydrogens (tertiary/aromatic N) is 3. The molecule has 2 aromatic rings. The van der Waals surface area contributed by atoms with Crippen LogP contribution in [0, 0.1) is 11.8 Å². The molecule has 5 aliphatic rings. The van der Waals surface area contributed by atoms with Crippen LogP contribution in [0.2, 0.25) is 5.02 Å². The van der Waals surface area contributed by atoms with Crippen LogP contribution in [0.25, 0.3) is 0 Å². The van der Waals surface area contributed by atoms with Gasteiger partial charge in [0.2, 0.25) is 0 Å². The first-order chi connectivity index (χ1) is 22.9. The van der Waals surface area contributed by atoms with Crippen molar-refractivity contribution in [1.82, 2.24) is 14.5 Å². The van der Waals surface area contributed by atoms with Crippen LogP contribution in [0.4, 0.5) is 10.5 Å². The van der Waals surface area contributed by atoms with Crippen LogP contribution in [-0.2, 0) is 31.4 Å². The fraction of sp³-hybridized carbons (Fsp3) is 0.556. The molecular weight excluding hydrogens is 652 g/mol. The van der Waals surface area contributed by atoms with E-state index in [1.807, 2.05) is 18.2 Å². The Hall–Kier alpha value is -3.28. The van der Waals surface area contributed by atoms with Crippen LogP contribution in [0.15, 0.2) is 53.4 Å². The number of hydrogen-bond donors (Lipinski definition) is 1. The number of anilines is 1. The second-order valence-corrected chi connectivity index (χ2v) is 16.8. The summed E-state index contributed by atoms with van der Waals surface area (Å²) in [5.41, 5.74) is 1.64. The van der Waals surface area contributed by atoms with Crippen molar-refractivity contribution in [2.75, 3.05) is 51.3 Å². The van der Waals surface area contributed by atoms with Gasteiger partial charge in [-0.05, 0) is 113 Å². The number of rotatable bonds is 1. The zero-order chi connectivity index (χ0) is 33.8. The zero-order valence-corrected chi connectivity index (χ0v) is 29.5. The van der Waals surface area contributed by atoms with E-state index in [2.05, 4.69) is 21.8 Å². The molecule has 48 heavy (non-hydrogen) atoms. The Morgan fingerprint density at radius 3 is 2.65 bits per heavy atom. The highest BCUT2D eigenvalue weighted by Crippen LogP contribution is 2.47. The molecular formula is C36H45ClN4O6S. The maximum absolute atomic E-state index is 13.7. The lowest BCUT2D eigenvalue weighted by molar-refractivity contribution is -0.128. The van der Waals surface area contributed by atoms with E-state index in [9.17, 15) is 18.0 Å². The normalized spacial score (nSPS) is 30.3. The summed E-state index contributed by atoms with van der Waals surface area (Å²) in [6.07, 6.45) is 8.89. The lowest BCUT2D eigenvalue weighted by atomic mass is 9.68. The molecule has 1 N–H and O–H groups in total. The summed E-state index contributed by atoms with van der Waals surface area (Å²) in [6, 6.07) is 11.0. The van der Waals surface area contributed by atoms with E-state index >= 15 is 0 Å². The Kier molecular flexibility index (Phi) is 8.69. The van der Waals surface area contributed by atoms with E-state index in [4.69, 9.17) is 21.1 Å². The average Bonchev–Trinajstić information content (AvgIpc) is 3.14. The molecule has 3 heterocycles. The number of ether oxygens (including phenoxy) is 2. The highest BCUT2D eigenvalue weighted by Gasteiger charge is 2.45. The Bertz CT molecular complexity index is 1740. The number of nitrogens with one attached hydrogen (secondary N) is 1. The topological polar surface area (TPSA) is 108 Å². The maximum atomic E-state index is 13.7. The second-order valence-electron chi connectivity index (χ2n) is 14.7. The molecule has 12 heteroatoms. The molecule has 1 saturated heterocycles. The van der Waals surface area contributed by atoms with Crippen molar-refractivity contribution in [2.24, 2.45) is 11.8 Å². The van der Waals surface area contributed by atoms with Gasteiger partial charge in [-0.1, -0.05) is 23.7 Å². The van der Waals surface area contributed by atoms with Crippen LogP contribution in [-0.4, -0.2) is 88.2 Å². The van der Waals surface area contributed by atoms with Crippen molar-refractivity contribution < 1.29 is 27.5 Å². The van der Waals surface area contributed by atoms with E-state index in [-0.39, 0.29) is 28.2 Å². The molecule has 2 aliphatic carbocycles. The third-order valence-corrected chi connectivity index (χ3v) is 13.0. The van der Waals surface area contributed by atoms with Crippen molar-refractivity contribution in [1.29, 1.82) is 0 Å². The predicted molar refractivity (Wildman–Crippen MR) is 184 cm³/mol. The number of amides is 2. The summed E-state index contributed by atoms with van der Waals surface area (Å²) in [4.78, 5) is 32.4. The summed E-state index contributed by atoms with van der Waals surface area (Å²) >= 11 is 6.43. The first-order valence-electron chi connectivity index (χ1n) is 17.1. The van der Waals surface area contributed by atoms with Crippen LogP contribution in [0.3, 0.4) is 0 Å². The summed E-state index contributed by atoms with van der Waals surface area (Å²) in [5.74, 6) is 0.261. The molecule has 0 unspecified atom stereocenters. The number of carbonyl (C=O) groups is 2. The van der Waals surface area contributed by atoms with Crippen molar-refractivity contribution in [2.45, 2.75) is 74.3 Å². The Morgan fingerprint density at radius 1 is 1.10 bits per heavy atom. The second kappa shape index (κ2) is 12.6. The molecule has 2 bridgehead atoms. The van der Waals surface area contributed by atoms with Gasteiger partial charge in [0.05, 0.1) is 22.7 Å². The van der Waals surface area contributed by atoms with Crippen LogP contribution in [0.1, 0.15) is 57.1 Å². The molecule has 4 atom stereocenters. The Labute approximate surface area is 288 Å². The molecule has 258 valence electrons. The van der Waals surface area contributed by atoms with Gasteiger partial charge in [-0.2, -0.15) is 0 Å². The average molecular weight is 697 g/mol. The van der Waals surface area contributed by atoms with Crippen LogP contribution >= 0.6 is 11.6 Å². The quantitative estimate of drug-likeness (QED) is 0.409. The standard InChI is InChI=1S/C36H45ClN4O6S/c1-35(2)33(42)38-48(44,45)27-11-14-32-30(20-27)41(22-36(23-46-32)15-4-7-24-19-26(37)10-13-29(24)36)21-25-9-12-28(25)31(8-5-16-39(35)3)47-34(43)40-17-6-18-40/h5,8,10-11,13-14,19-20,25,28,31H,4,6-7,9,12,15-18,21-23H2,1-3H3,(H,38,42)/b8-5-/t25-,28+,31-,36-/m0/s1. The Balaban J connectivity index is 1.30. The third kappa shape index (κ3) is 6.07. The van der Waals surface area contributed by atoms with Gasteiger partial charge in [-0.25, -0.2) is 17.9 Å². The van der Waals surface area contributed by atoms with Crippen molar-refractivity contribution in [3.63, 3.8) is 0 Å². The smallest absolute Gasteiger partial charge is 0.410 e. The lowest BCUT2D eigenvalue weighted by Gasteiger charge is -2.46. The summed E-state index contributed by atoms with van der Waals surface area (Å²) < 4.78 is 42.6. The number of likely N-dealkylation sites (N-methyl/N-ethyl adjacent to an activating group) is 1. The van der Waals surface area contributed by atoms with E-state index in [1.165, 1.54) is 17.2 Å². The van der Waals surface area contributed by atoms with Gasteiger partial charge in [0.25, 0.3) is 15.9 Å². The molecule has 0 aromatic heterocycles. The largest absolute Gasteiger partial charge is 0.490 e. The van der Waals surface area contributed by atoms with Crippen molar-refractivity contribution in [3.05, 3.63) is 64.7 Å². The summed E-state index contributed by atoms with van der Waals surface area (Å²) in [6.45, 7) is 6.88. The molecule has 7 rings (SSSR count). The Morgan fingerprint density at radius 2 is 1.92 bits per heavy atom. The van der Waals surface area contributed by atoms with E-state index < -0.39 is 27.6 Å². The van der Waals surface area contributed by atoms with Gasteiger partial charge < -0.3 is 19.3 Å². The van der Waals surface area contributed by atoms with Crippen molar-refractivity contribution >= 4 is 39.3 Å². The predicted octanol–water partition coefficient (Wildman–Crippen LogP) is 5.14. The zero-order valence-electron chi connectivity index (χ0n) is 27.9. The lowest BCUT2D eigenvalue weighted by Crippen LogP contribution is -2.54. The first kappa shape index (κ1) is 33.2. The molecule has 1 saturated carbocycles. The van der Waals surface area contributed by atoms with Gasteiger partial charge in [0, 0.05) is 49.1 Å².